The number of carbonyl (C=O) groups is 1. The van der Waals surface area contributed by atoms with Crippen LogP contribution in [0.2, 0.25) is 0 Å². The normalized spacial score (nSPS) is 27.1. The Hall–Kier alpha value is -3.81. The van der Waals surface area contributed by atoms with Crippen molar-refractivity contribution in [2.24, 2.45) is 0 Å². The molecule has 7 heterocycles. The lowest BCUT2D eigenvalue weighted by Crippen LogP contribution is -2.44. The molecular weight excluding hydrogens is 591 g/mol. The number of fused-ring (bicyclic) bond motifs is 5. The van der Waals surface area contributed by atoms with Gasteiger partial charge in [0.15, 0.2) is 5.69 Å². The van der Waals surface area contributed by atoms with E-state index in [1.54, 1.807) is 14.1 Å². The fourth-order valence-corrected chi connectivity index (χ4v) is 8.04. The Kier molecular flexibility index (Phi) is 7.18. The van der Waals surface area contributed by atoms with E-state index in [-0.39, 0.29) is 24.1 Å². The van der Waals surface area contributed by atoms with E-state index < -0.39 is 12.0 Å². The second-order valence-corrected chi connectivity index (χ2v) is 13.6. The zero-order valence-corrected chi connectivity index (χ0v) is 26.5. The largest absolute Gasteiger partial charge is 0.461 e. The first kappa shape index (κ1) is 29.6. The summed E-state index contributed by atoms with van der Waals surface area (Å²) < 4.78 is 35.9. The van der Waals surface area contributed by atoms with Crippen molar-refractivity contribution in [2.75, 3.05) is 57.6 Å². The molecule has 13 heteroatoms. The van der Waals surface area contributed by atoms with Gasteiger partial charge in [-0.2, -0.15) is 15.1 Å². The topological polar surface area (TPSA) is 124 Å². The predicted molar refractivity (Wildman–Crippen MR) is 167 cm³/mol. The minimum Gasteiger partial charge on any atom is -0.461 e. The van der Waals surface area contributed by atoms with Crippen LogP contribution in [0.4, 0.5) is 15.9 Å². The molecule has 12 nitrogen and oxygen atoms in total. The average Bonchev–Trinajstić information content (AvgIpc) is 3.66. The van der Waals surface area contributed by atoms with E-state index in [0.29, 0.717) is 57.1 Å². The summed E-state index contributed by atoms with van der Waals surface area (Å²) in [7, 11) is 3.46. The standard InChI is InChI=1S/C33H41FN8O4/c1-39(2)30(43)27-14-24-18-40(9-4-11-42(24)38-27)29-25-19-46-33(26-13-23(35)6-5-21(26)7-12-45-33)16-28(25)36-31(37-29)44-20-32-8-3-10-41(32)17-22(34)15-32/h5-6,13-14,22H,3-4,7-12,15-20,35H2,1-2H3/t22-,32+,33?/m1/s1. The van der Waals surface area contributed by atoms with E-state index in [1.807, 2.05) is 22.9 Å². The first-order valence-corrected chi connectivity index (χ1v) is 16.3. The molecule has 2 saturated heterocycles. The van der Waals surface area contributed by atoms with E-state index in [2.05, 4.69) is 21.0 Å². The Balaban J connectivity index is 1.16. The molecular formula is C33H41FN8O4. The van der Waals surface area contributed by atoms with Gasteiger partial charge in [-0.25, -0.2) is 4.39 Å². The molecule has 1 aromatic carbocycles. The number of carbonyl (C=O) groups excluding carboxylic acids is 1. The molecule has 46 heavy (non-hydrogen) atoms. The summed E-state index contributed by atoms with van der Waals surface area (Å²) in [6, 6.07) is 8.06. The number of anilines is 2. The molecule has 0 saturated carbocycles. The van der Waals surface area contributed by atoms with Crippen LogP contribution in [0.25, 0.3) is 0 Å². The van der Waals surface area contributed by atoms with E-state index in [9.17, 15) is 9.18 Å². The summed E-state index contributed by atoms with van der Waals surface area (Å²) in [5, 5.41) is 4.61. The first-order valence-electron chi connectivity index (χ1n) is 16.3. The maximum Gasteiger partial charge on any atom is 0.318 e. The molecule has 5 aliphatic rings. The van der Waals surface area contributed by atoms with Crippen LogP contribution in [0.1, 0.15) is 64.2 Å². The summed E-state index contributed by atoms with van der Waals surface area (Å²) in [4.78, 5) is 28.7. The Morgan fingerprint density at radius 2 is 2.07 bits per heavy atom. The molecule has 2 N–H and O–H groups in total. The molecule has 5 aliphatic heterocycles. The van der Waals surface area contributed by atoms with E-state index in [4.69, 9.17) is 29.9 Å². The van der Waals surface area contributed by atoms with Gasteiger partial charge in [0.2, 0.25) is 5.79 Å². The molecule has 1 amide bonds. The van der Waals surface area contributed by atoms with Crippen LogP contribution in [-0.2, 0) is 47.8 Å². The van der Waals surface area contributed by atoms with Crippen LogP contribution >= 0.6 is 0 Å². The number of aryl methyl sites for hydroxylation is 1. The minimum atomic E-state index is -1.01. The number of aromatic nitrogens is 4. The number of rotatable bonds is 5. The van der Waals surface area contributed by atoms with E-state index in [0.717, 1.165) is 72.7 Å². The van der Waals surface area contributed by atoms with E-state index >= 15 is 0 Å². The fraction of sp³-hybridized carbons (Fsp3) is 0.576. The SMILES string of the molecule is CN(C)C(=O)c1cc2n(n1)CCCN(c1nc(OC[C@@]34CCCN3C[C@H](F)C4)nc3c1COC1(C3)OCCc3ccc(N)cc31)C2. The predicted octanol–water partition coefficient (Wildman–Crippen LogP) is 2.82. The average molecular weight is 633 g/mol. The number of alkyl halides is 1. The third-order valence-electron chi connectivity index (χ3n) is 10.3. The molecule has 8 rings (SSSR count). The van der Waals surface area contributed by atoms with Crippen LogP contribution in [0, 0.1) is 0 Å². The maximum atomic E-state index is 14.6. The number of halogens is 1. The molecule has 244 valence electrons. The number of nitrogens with zero attached hydrogens (tertiary/aromatic N) is 7. The lowest BCUT2D eigenvalue weighted by atomic mass is 9.88. The van der Waals surface area contributed by atoms with Gasteiger partial charge < -0.3 is 29.7 Å². The number of amides is 1. The Bertz CT molecular complexity index is 1680. The highest BCUT2D eigenvalue weighted by atomic mass is 19.1. The van der Waals surface area contributed by atoms with Gasteiger partial charge in [-0.1, -0.05) is 6.07 Å². The van der Waals surface area contributed by atoms with Crippen molar-refractivity contribution < 1.29 is 23.4 Å². The summed E-state index contributed by atoms with van der Waals surface area (Å²) in [5.41, 5.74) is 11.7. The molecule has 2 aromatic heterocycles. The van der Waals surface area contributed by atoms with Crippen LogP contribution < -0.4 is 15.4 Å². The number of benzene rings is 1. The van der Waals surface area contributed by atoms with Crippen LogP contribution in [0.3, 0.4) is 0 Å². The minimum absolute atomic E-state index is 0.128. The summed E-state index contributed by atoms with van der Waals surface area (Å²) in [5.74, 6) is -0.396. The first-order chi connectivity index (χ1) is 22.2. The van der Waals surface area contributed by atoms with Crippen molar-refractivity contribution in [1.82, 2.24) is 29.5 Å². The molecule has 1 unspecified atom stereocenters. The van der Waals surface area contributed by atoms with Gasteiger partial charge >= 0.3 is 6.01 Å². The van der Waals surface area contributed by atoms with Crippen molar-refractivity contribution in [3.8, 4) is 6.01 Å². The van der Waals surface area contributed by atoms with Gasteiger partial charge in [0.25, 0.3) is 5.91 Å². The smallest absolute Gasteiger partial charge is 0.318 e. The van der Waals surface area contributed by atoms with Gasteiger partial charge in [-0.15, -0.1) is 0 Å². The van der Waals surface area contributed by atoms with Gasteiger partial charge in [-0.05, 0) is 56.0 Å². The zero-order valence-electron chi connectivity index (χ0n) is 26.5. The number of hydrogen-bond donors (Lipinski definition) is 1. The number of hydrogen-bond acceptors (Lipinski definition) is 10. The number of nitrogens with two attached hydrogens (primary N) is 1. The van der Waals surface area contributed by atoms with Crippen LogP contribution in [-0.4, -0.2) is 94.1 Å². The van der Waals surface area contributed by atoms with Crippen molar-refractivity contribution in [2.45, 2.75) is 75.7 Å². The number of ether oxygens (including phenoxy) is 3. The summed E-state index contributed by atoms with van der Waals surface area (Å²) in [6.07, 6.45) is 3.54. The fourth-order valence-electron chi connectivity index (χ4n) is 8.04. The van der Waals surface area contributed by atoms with Gasteiger partial charge in [0.05, 0.1) is 36.7 Å². The third kappa shape index (κ3) is 4.99. The molecule has 3 aromatic rings. The highest BCUT2D eigenvalue weighted by Gasteiger charge is 2.50. The monoisotopic (exact) mass is 632 g/mol. The van der Waals surface area contributed by atoms with Crippen molar-refractivity contribution in [3.05, 3.63) is 58.0 Å². The maximum absolute atomic E-state index is 14.6. The van der Waals surface area contributed by atoms with Crippen LogP contribution in [0.5, 0.6) is 6.01 Å². The van der Waals surface area contributed by atoms with Crippen molar-refractivity contribution >= 4 is 17.4 Å². The Morgan fingerprint density at radius 3 is 2.93 bits per heavy atom. The lowest BCUT2D eigenvalue weighted by molar-refractivity contribution is -0.265. The second kappa shape index (κ2) is 11.2. The Labute approximate surface area is 267 Å². The molecule has 0 radical (unpaired) electrons. The third-order valence-corrected chi connectivity index (χ3v) is 10.3. The zero-order chi connectivity index (χ0) is 31.6. The van der Waals surface area contributed by atoms with Crippen molar-refractivity contribution in [3.63, 3.8) is 0 Å². The summed E-state index contributed by atoms with van der Waals surface area (Å²) in [6.45, 7) is 4.40. The highest BCUT2D eigenvalue weighted by Crippen LogP contribution is 2.45. The van der Waals surface area contributed by atoms with Gasteiger partial charge in [0.1, 0.15) is 18.6 Å². The lowest BCUT2D eigenvalue weighted by Gasteiger charge is -2.42. The van der Waals surface area contributed by atoms with Gasteiger partial charge in [0, 0.05) is 63.4 Å². The summed E-state index contributed by atoms with van der Waals surface area (Å²) >= 11 is 0. The quantitative estimate of drug-likeness (QED) is 0.420. The number of nitrogen functional groups attached to an aromatic ring is 1. The Morgan fingerprint density at radius 1 is 1.17 bits per heavy atom. The molecule has 3 atom stereocenters. The van der Waals surface area contributed by atoms with Gasteiger partial charge in [-0.3, -0.25) is 14.4 Å². The highest BCUT2D eigenvalue weighted by molar-refractivity contribution is 5.92. The van der Waals surface area contributed by atoms with Crippen molar-refractivity contribution in [1.29, 1.82) is 0 Å². The van der Waals surface area contributed by atoms with Crippen LogP contribution in [0.15, 0.2) is 24.3 Å². The molecule has 0 bridgehead atoms. The molecule has 2 fully saturated rings. The van der Waals surface area contributed by atoms with E-state index in [1.165, 1.54) is 4.90 Å². The molecule has 0 aliphatic carbocycles. The molecule has 1 spiro atoms. The second-order valence-electron chi connectivity index (χ2n) is 13.6.